The zero-order valence-corrected chi connectivity index (χ0v) is 21.5. The molecule has 1 aromatic heterocycles. The number of carbonyl (C=O) groups is 2. The second kappa shape index (κ2) is 13.6. The number of thiophene rings is 1. The second-order valence-corrected chi connectivity index (χ2v) is 9.78. The number of nitrogens with zero attached hydrogens (tertiary/aromatic N) is 3. The van der Waals surface area contributed by atoms with Gasteiger partial charge in [0.25, 0.3) is 0 Å². The van der Waals surface area contributed by atoms with Gasteiger partial charge in [-0.3, -0.25) is 19.4 Å². The number of hydrogen-bond donors (Lipinski definition) is 2. The molecule has 2 atom stereocenters. The molecule has 2 aromatic rings. The van der Waals surface area contributed by atoms with E-state index >= 15 is 0 Å². The Balaban J connectivity index is 1.54. The van der Waals surface area contributed by atoms with E-state index in [-0.39, 0.29) is 12.1 Å². The summed E-state index contributed by atoms with van der Waals surface area (Å²) in [6.07, 6.45) is 0. The van der Waals surface area contributed by atoms with Crippen molar-refractivity contribution in [3.05, 3.63) is 58.3 Å². The topological polar surface area (TPSA) is 67.9 Å². The van der Waals surface area contributed by atoms with Crippen LogP contribution >= 0.6 is 11.3 Å². The summed E-state index contributed by atoms with van der Waals surface area (Å²) >= 11 is 1.70. The molecule has 0 spiro atoms. The summed E-state index contributed by atoms with van der Waals surface area (Å²) in [5.74, 6) is -1.12. The fourth-order valence-electron chi connectivity index (χ4n) is 4.54. The summed E-state index contributed by atoms with van der Waals surface area (Å²) in [5.41, 5.74) is 1.33. The average Bonchev–Trinajstić information content (AvgIpc) is 3.38. The van der Waals surface area contributed by atoms with Crippen LogP contribution in [0, 0.1) is 0 Å². The summed E-state index contributed by atoms with van der Waals surface area (Å²) in [7, 11) is 0. The highest BCUT2D eigenvalue weighted by Gasteiger charge is 2.31. The molecule has 186 valence electrons. The van der Waals surface area contributed by atoms with Gasteiger partial charge in [0.15, 0.2) is 0 Å². The molecule has 34 heavy (non-hydrogen) atoms. The van der Waals surface area contributed by atoms with Gasteiger partial charge in [0.2, 0.25) is 0 Å². The molecule has 0 unspecified atom stereocenters. The minimum Gasteiger partial charge on any atom is -0.347 e. The first kappa shape index (κ1) is 26.3. The Bertz CT molecular complexity index is 865. The third kappa shape index (κ3) is 7.63. The zero-order valence-electron chi connectivity index (χ0n) is 20.7. The summed E-state index contributed by atoms with van der Waals surface area (Å²) in [6, 6.07) is 14.6. The monoisotopic (exact) mass is 485 g/mol. The van der Waals surface area contributed by atoms with Crippen LogP contribution in [-0.2, 0) is 16.1 Å². The number of benzene rings is 1. The standard InChI is InChI=1S/C26H39N5O2S/c1-4-29(5-2)14-13-27-25(32)26(33)28-21(3)24(23-12-9-19-34-23)31-17-15-30(16-18-31)20-22-10-7-6-8-11-22/h6-12,19,21,24H,4-5,13-18,20H2,1-3H3,(H,27,32)(H,28,33)/t21-,24+/m1/s1. The molecule has 0 aliphatic carbocycles. The van der Waals surface area contributed by atoms with E-state index in [1.54, 1.807) is 11.3 Å². The maximum Gasteiger partial charge on any atom is 0.309 e. The number of nitrogens with one attached hydrogen (secondary N) is 2. The van der Waals surface area contributed by atoms with Crippen LogP contribution in [0.15, 0.2) is 47.8 Å². The fourth-order valence-corrected chi connectivity index (χ4v) is 5.51. The first-order valence-electron chi connectivity index (χ1n) is 12.4. The number of carbonyl (C=O) groups excluding carboxylic acids is 2. The highest BCUT2D eigenvalue weighted by atomic mass is 32.1. The number of rotatable bonds is 11. The molecule has 1 aliphatic rings. The summed E-state index contributed by atoms with van der Waals surface area (Å²) in [6.45, 7) is 14.0. The first-order chi connectivity index (χ1) is 16.5. The van der Waals surface area contributed by atoms with Gasteiger partial charge in [0.05, 0.1) is 6.04 Å². The van der Waals surface area contributed by atoms with Crippen LogP contribution in [0.1, 0.15) is 37.3 Å². The van der Waals surface area contributed by atoms with Crippen LogP contribution < -0.4 is 10.6 Å². The Morgan fingerprint density at radius 2 is 1.71 bits per heavy atom. The fraction of sp³-hybridized carbons (Fsp3) is 0.538. The lowest BCUT2D eigenvalue weighted by atomic mass is 10.0. The van der Waals surface area contributed by atoms with Gasteiger partial charge in [-0.2, -0.15) is 0 Å². The van der Waals surface area contributed by atoms with Crippen molar-refractivity contribution in [1.29, 1.82) is 0 Å². The molecule has 0 radical (unpaired) electrons. The number of amides is 2. The Hall–Kier alpha value is -2.26. The maximum atomic E-state index is 12.6. The van der Waals surface area contributed by atoms with Gasteiger partial charge in [0.1, 0.15) is 0 Å². The van der Waals surface area contributed by atoms with Crippen molar-refractivity contribution in [3.8, 4) is 0 Å². The van der Waals surface area contributed by atoms with Gasteiger partial charge in [-0.1, -0.05) is 50.2 Å². The maximum absolute atomic E-state index is 12.6. The van der Waals surface area contributed by atoms with Crippen molar-refractivity contribution in [3.63, 3.8) is 0 Å². The lowest BCUT2D eigenvalue weighted by molar-refractivity contribution is -0.139. The lowest BCUT2D eigenvalue weighted by Crippen LogP contribution is -2.53. The van der Waals surface area contributed by atoms with Crippen LogP contribution in [-0.4, -0.2) is 84.9 Å². The molecule has 1 aromatic carbocycles. The molecule has 2 amide bonds. The Morgan fingerprint density at radius 1 is 1.00 bits per heavy atom. The van der Waals surface area contributed by atoms with Gasteiger partial charge in [-0.15, -0.1) is 11.3 Å². The van der Waals surface area contributed by atoms with Crippen LogP contribution in [0.2, 0.25) is 0 Å². The Morgan fingerprint density at radius 3 is 2.32 bits per heavy atom. The highest BCUT2D eigenvalue weighted by molar-refractivity contribution is 7.10. The quantitative estimate of drug-likeness (QED) is 0.479. The van der Waals surface area contributed by atoms with Crippen molar-refractivity contribution in [2.45, 2.75) is 39.4 Å². The molecule has 8 heteroatoms. The Labute approximate surface area is 208 Å². The molecule has 2 heterocycles. The smallest absolute Gasteiger partial charge is 0.309 e. The van der Waals surface area contributed by atoms with E-state index in [1.165, 1.54) is 10.4 Å². The van der Waals surface area contributed by atoms with Crippen LogP contribution in [0.4, 0.5) is 0 Å². The Kier molecular flexibility index (Phi) is 10.5. The van der Waals surface area contributed by atoms with Crippen molar-refractivity contribution < 1.29 is 9.59 Å². The largest absolute Gasteiger partial charge is 0.347 e. The molecule has 0 bridgehead atoms. The van der Waals surface area contributed by atoms with Crippen molar-refractivity contribution in [2.24, 2.45) is 0 Å². The predicted molar refractivity (Wildman–Crippen MR) is 139 cm³/mol. The third-order valence-electron chi connectivity index (χ3n) is 6.53. The first-order valence-corrected chi connectivity index (χ1v) is 13.2. The minimum atomic E-state index is -0.559. The van der Waals surface area contributed by atoms with Gasteiger partial charge >= 0.3 is 11.8 Å². The number of piperazine rings is 1. The minimum absolute atomic E-state index is 0.0475. The molecule has 3 rings (SSSR count). The van der Waals surface area contributed by atoms with E-state index in [9.17, 15) is 9.59 Å². The lowest BCUT2D eigenvalue weighted by Gasteiger charge is -2.41. The number of hydrogen-bond acceptors (Lipinski definition) is 6. The highest BCUT2D eigenvalue weighted by Crippen LogP contribution is 2.29. The predicted octanol–water partition coefficient (Wildman–Crippen LogP) is 2.57. The average molecular weight is 486 g/mol. The van der Waals surface area contributed by atoms with Gasteiger partial charge in [-0.25, -0.2) is 0 Å². The van der Waals surface area contributed by atoms with E-state index < -0.39 is 11.8 Å². The van der Waals surface area contributed by atoms with E-state index in [2.05, 4.69) is 74.9 Å². The SMILES string of the molecule is CCN(CC)CCNC(=O)C(=O)N[C@H](C)[C@@H](c1cccs1)N1CCN(Cc2ccccc2)CC1. The van der Waals surface area contributed by atoms with Gasteiger partial charge < -0.3 is 15.5 Å². The van der Waals surface area contributed by atoms with Crippen molar-refractivity contribution in [2.75, 3.05) is 52.4 Å². The van der Waals surface area contributed by atoms with E-state index in [4.69, 9.17) is 0 Å². The van der Waals surface area contributed by atoms with Crippen LogP contribution in [0.25, 0.3) is 0 Å². The third-order valence-corrected chi connectivity index (χ3v) is 7.47. The van der Waals surface area contributed by atoms with Crippen LogP contribution in [0.5, 0.6) is 0 Å². The molecular formula is C26H39N5O2S. The van der Waals surface area contributed by atoms with Crippen molar-refractivity contribution in [1.82, 2.24) is 25.3 Å². The molecule has 1 fully saturated rings. The van der Waals surface area contributed by atoms with E-state index in [0.29, 0.717) is 6.54 Å². The molecule has 0 saturated carbocycles. The molecule has 1 saturated heterocycles. The normalized spacial score (nSPS) is 16.8. The number of likely N-dealkylation sites (N-methyl/N-ethyl adjacent to an activating group) is 1. The zero-order chi connectivity index (χ0) is 24.3. The molecule has 7 nitrogen and oxygen atoms in total. The summed E-state index contributed by atoms with van der Waals surface area (Å²) < 4.78 is 0. The van der Waals surface area contributed by atoms with Crippen molar-refractivity contribution >= 4 is 23.2 Å². The molecule has 2 N–H and O–H groups in total. The summed E-state index contributed by atoms with van der Waals surface area (Å²) in [5, 5.41) is 7.80. The van der Waals surface area contributed by atoms with E-state index in [0.717, 1.165) is 52.4 Å². The van der Waals surface area contributed by atoms with Crippen LogP contribution in [0.3, 0.4) is 0 Å². The molecule has 1 aliphatic heterocycles. The molecular weight excluding hydrogens is 446 g/mol. The van der Waals surface area contributed by atoms with Gasteiger partial charge in [-0.05, 0) is 37.0 Å². The van der Waals surface area contributed by atoms with Gasteiger partial charge in [0, 0.05) is 56.7 Å². The second-order valence-electron chi connectivity index (χ2n) is 8.80. The summed E-state index contributed by atoms with van der Waals surface area (Å²) in [4.78, 5) is 33.3. The van der Waals surface area contributed by atoms with E-state index in [1.807, 2.05) is 19.1 Å².